The van der Waals surface area contributed by atoms with Crippen LogP contribution in [0.2, 0.25) is 0 Å². The molecule has 0 atom stereocenters. The Labute approximate surface area is 313 Å². The maximum atomic E-state index is 3.94. The van der Waals surface area contributed by atoms with Crippen molar-refractivity contribution >= 4 is 50.1 Å². The smallest absolute Gasteiger partial charge is 0.0726 e. The molecule has 0 unspecified atom stereocenters. The standard InChI is InChI=1S/C49H33BrN2/c50-34-30-39(51(35-16-4-1-5-17-35)36-18-6-2-7-19-36)32-40(31-34)52(37-20-8-3-9-21-37)38-28-29-44-43-24-12-15-27-47(43)49(48(44)33-38)45-25-13-10-22-41(45)42-23-11-14-26-46(42)49/h1-33H. The van der Waals surface area contributed by atoms with E-state index in [1.807, 2.05) is 0 Å². The number of anilines is 6. The monoisotopic (exact) mass is 728 g/mol. The first kappa shape index (κ1) is 30.6. The van der Waals surface area contributed by atoms with Crippen molar-refractivity contribution in [3.05, 3.63) is 227 Å². The second-order valence-electron chi connectivity index (χ2n) is 13.5. The molecule has 52 heavy (non-hydrogen) atoms. The van der Waals surface area contributed by atoms with Crippen LogP contribution >= 0.6 is 15.9 Å². The minimum atomic E-state index is -0.419. The van der Waals surface area contributed by atoms with Crippen LogP contribution < -0.4 is 9.80 Å². The Morgan fingerprint density at radius 1 is 0.288 bits per heavy atom. The second-order valence-corrected chi connectivity index (χ2v) is 14.4. The number of para-hydroxylation sites is 3. The lowest BCUT2D eigenvalue weighted by Gasteiger charge is -2.33. The van der Waals surface area contributed by atoms with Crippen molar-refractivity contribution in [2.45, 2.75) is 5.41 Å². The van der Waals surface area contributed by atoms with Crippen LogP contribution in [0.25, 0.3) is 22.3 Å². The van der Waals surface area contributed by atoms with Gasteiger partial charge in [-0.1, -0.05) is 149 Å². The summed E-state index contributed by atoms with van der Waals surface area (Å²) in [6.07, 6.45) is 0. The molecule has 0 aliphatic heterocycles. The third-order valence-corrected chi connectivity index (χ3v) is 11.1. The molecular weight excluding hydrogens is 696 g/mol. The summed E-state index contributed by atoms with van der Waals surface area (Å²) < 4.78 is 1.00. The maximum Gasteiger partial charge on any atom is 0.0726 e. The fraction of sp³-hybridized carbons (Fsp3) is 0.0204. The normalized spacial score (nSPS) is 12.9. The highest BCUT2D eigenvalue weighted by atomic mass is 79.9. The van der Waals surface area contributed by atoms with Gasteiger partial charge >= 0.3 is 0 Å². The number of rotatable bonds is 6. The van der Waals surface area contributed by atoms with E-state index in [1.54, 1.807) is 0 Å². The molecule has 0 saturated carbocycles. The highest BCUT2D eigenvalue weighted by Crippen LogP contribution is 2.63. The Balaban J connectivity index is 1.21. The number of hydrogen-bond donors (Lipinski definition) is 0. The summed E-state index contributed by atoms with van der Waals surface area (Å²) in [5.74, 6) is 0. The number of hydrogen-bond acceptors (Lipinski definition) is 2. The lowest BCUT2D eigenvalue weighted by molar-refractivity contribution is 0.793. The Hall–Kier alpha value is -6.16. The van der Waals surface area contributed by atoms with Gasteiger partial charge < -0.3 is 9.80 Å². The van der Waals surface area contributed by atoms with Gasteiger partial charge in [0.1, 0.15) is 0 Å². The van der Waals surface area contributed by atoms with E-state index in [-0.39, 0.29) is 0 Å². The molecule has 0 heterocycles. The summed E-state index contributed by atoms with van der Waals surface area (Å²) in [6.45, 7) is 0. The first-order chi connectivity index (χ1) is 25.7. The minimum Gasteiger partial charge on any atom is -0.310 e. The zero-order valence-electron chi connectivity index (χ0n) is 28.3. The van der Waals surface area contributed by atoms with Crippen LogP contribution in [0, 0.1) is 0 Å². The van der Waals surface area contributed by atoms with Crippen LogP contribution in [0.4, 0.5) is 34.1 Å². The van der Waals surface area contributed by atoms with Gasteiger partial charge in [0.25, 0.3) is 0 Å². The van der Waals surface area contributed by atoms with Gasteiger partial charge in [-0.2, -0.15) is 0 Å². The molecule has 0 saturated heterocycles. The molecule has 0 amide bonds. The largest absolute Gasteiger partial charge is 0.310 e. The van der Waals surface area contributed by atoms with Gasteiger partial charge in [0.05, 0.1) is 5.41 Å². The molecule has 0 radical (unpaired) electrons. The first-order valence-electron chi connectivity index (χ1n) is 17.7. The molecule has 8 aromatic rings. The molecule has 246 valence electrons. The number of nitrogens with zero attached hydrogens (tertiary/aromatic N) is 2. The van der Waals surface area contributed by atoms with Crippen LogP contribution in [0.15, 0.2) is 205 Å². The van der Waals surface area contributed by atoms with Gasteiger partial charge in [-0.25, -0.2) is 0 Å². The maximum absolute atomic E-state index is 3.94. The van der Waals surface area contributed by atoms with Crippen LogP contribution in [0.3, 0.4) is 0 Å². The van der Waals surface area contributed by atoms with Crippen molar-refractivity contribution in [1.29, 1.82) is 0 Å². The molecule has 10 rings (SSSR count). The van der Waals surface area contributed by atoms with Crippen molar-refractivity contribution in [2.24, 2.45) is 0 Å². The lowest BCUT2D eigenvalue weighted by atomic mass is 9.70. The van der Waals surface area contributed by atoms with E-state index in [0.29, 0.717) is 0 Å². The van der Waals surface area contributed by atoms with Gasteiger partial charge in [0, 0.05) is 38.6 Å². The van der Waals surface area contributed by atoms with Crippen LogP contribution in [-0.4, -0.2) is 0 Å². The first-order valence-corrected chi connectivity index (χ1v) is 18.5. The SMILES string of the molecule is Brc1cc(N(c2ccccc2)c2ccccc2)cc(N(c2ccccc2)c2ccc3c(c2)C2(c4ccccc4-c4ccccc42)c2ccccc2-3)c1. The Kier molecular flexibility index (Phi) is 7.23. The van der Waals surface area contributed by atoms with Crippen molar-refractivity contribution in [3.63, 3.8) is 0 Å². The van der Waals surface area contributed by atoms with Crippen LogP contribution in [-0.2, 0) is 5.41 Å². The van der Waals surface area contributed by atoms with Crippen molar-refractivity contribution in [3.8, 4) is 22.3 Å². The van der Waals surface area contributed by atoms with Gasteiger partial charge in [-0.3, -0.25) is 0 Å². The van der Waals surface area contributed by atoms with Crippen LogP contribution in [0.5, 0.6) is 0 Å². The Bertz CT molecular complexity index is 2500. The Morgan fingerprint density at radius 2 is 0.654 bits per heavy atom. The molecule has 0 aromatic heterocycles. The van der Waals surface area contributed by atoms with Crippen molar-refractivity contribution < 1.29 is 0 Å². The minimum absolute atomic E-state index is 0.419. The van der Waals surface area contributed by atoms with Gasteiger partial charge in [-0.05, 0) is 111 Å². The van der Waals surface area contributed by atoms with Gasteiger partial charge in [0.15, 0.2) is 0 Å². The second kappa shape index (κ2) is 12.3. The molecule has 2 aliphatic carbocycles. The van der Waals surface area contributed by atoms with Crippen LogP contribution in [0.1, 0.15) is 22.3 Å². The van der Waals surface area contributed by atoms with E-state index >= 15 is 0 Å². The Morgan fingerprint density at radius 3 is 1.10 bits per heavy atom. The van der Waals surface area contributed by atoms with E-state index in [2.05, 4.69) is 226 Å². The molecule has 3 heteroatoms. The van der Waals surface area contributed by atoms with Crippen molar-refractivity contribution in [2.75, 3.05) is 9.80 Å². The highest BCUT2D eigenvalue weighted by molar-refractivity contribution is 9.10. The molecule has 0 bridgehead atoms. The van der Waals surface area contributed by atoms with E-state index in [9.17, 15) is 0 Å². The zero-order valence-corrected chi connectivity index (χ0v) is 29.9. The summed E-state index contributed by atoms with van der Waals surface area (Å²) in [4.78, 5) is 4.71. The molecule has 8 aromatic carbocycles. The predicted molar refractivity (Wildman–Crippen MR) is 220 cm³/mol. The van der Waals surface area contributed by atoms with E-state index in [1.165, 1.54) is 44.5 Å². The molecule has 0 N–H and O–H groups in total. The fourth-order valence-corrected chi connectivity index (χ4v) is 9.13. The molecule has 0 fully saturated rings. The third kappa shape index (κ3) is 4.63. The molecule has 2 aliphatic rings. The highest BCUT2D eigenvalue weighted by Gasteiger charge is 2.51. The summed E-state index contributed by atoms with van der Waals surface area (Å²) in [5.41, 5.74) is 16.6. The zero-order chi connectivity index (χ0) is 34.6. The topological polar surface area (TPSA) is 6.48 Å². The lowest BCUT2D eigenvalue weighted by Crippen LogP contribution is -2.26. The average molecular weight is 730 g/mol. The molecule has 1 spiro atoms. The predicted octanol–water partition coefficient (Wildman–Crippen LogP) is 13.7. The summed E-state index contributed by atoms with van der Waals surface area (Å²) in [5, 5.41) is 0. The van der Waals surface area contributed by atoms with Gasteiger partial charge in [0.2, 0.25) is 0 Å². The number of benzene rings is 8. The molecule has 2 nitrogen and oxygen atoms in total. The summed E-state index contributed by atoms with van der Waals surface area (Å²) in [6, 6.07) is 72.7. The number of fused-ring (bicyclic) bond motifs is 10. The third-order valence-electron chi connectivity index (χ3n) is 10.7. The number of halogens is 1. The van der Waals surface area contributed by atoms with E-state index in [0.717, 1.165) is 38.6 Å². The summed E-state index contributed by atoms with van der Waals surface area (Å²) >= 11 is 3.94. The van der Waals surface area contributed by atoms with Gasteiger partial charge in [-0.15, -0.1) is 0 Å². The van der Waals surface area contributed by atoms with E-state index < -0.39 is 5.41 Å². The molecular formula is C49H33BrN2. The fourth-order valence-electron chi connectivity index (χ4n) is 8.66. The van der Waals surface area contributed by atoms with E-state index in [4.69, 9.17) is 0 Å². The quantitative estimate of drug-likeness (QED) is 0.168. The summed E-state index contributed by atoms with van der Waals surface area (Å²) in [7, 11) is 0. The van der Waals surface area contributed by atoms with Crippen molar-refractivity contribution in [1.82, 2.24) is 0 Å². The average Bonchev–Trinajstić information content (AvgIpc) is 3.66.